The SMILES string of the molecule is CCCC[n+]1c(N)c(S(=O)(=O)c2ccccc2)cc2c(=O)n3cccc(C)c3nc21. The predicted molar refractivity (Wildman–Crippen MR) is 115 cm³/mol. The second-order valence-corrected chi connectivity index (χ2v) is 9.17. The predicted octanol–water partition coefficient (Wildman–Crippen LogP) is 2.66. The number of aromatic nitrogens is 3. The number of fused-ring (bicyclic) bond motifs is 2. The molecule has 0 bridgehead atoms. The summed E-state index contributed by atoms with van der Waals surface area (Å²) in [5, 5.41) is 0.220. The van der Waals surface area contributed by atoms with Crippen LogP contribution in [0.1, 0.15) is 25.3 Å². The molecule has 4 aromatic rings. The summed E-state index contributed by atoms with van der Waals surface area (Å²) in [6.45, 7) is 4.37. The van der Waals surface area contributed by atoms with Crippen LogP contribution in [-0.2, 0) is 16.4 Å². The molecule has 30 heavy (non-hydrogen) atoms. The van der Waals surface area contributed by atoms with Gasteiger partial charge in [-0.3, -0.25) is 9.20 Å². The van der Waals surface area contributed by atoms with E-state index in [4.69, 9.17) is 10.7 Å². The molecule has 0 fully saturated rings. The van der Waals surface area contributed by atoms with Gasteiger partial charge in [-0.05, 0) is 37.6 Å². The van der Waals surface area contributed by atoms with Crippen LogP contribution in [0, 0.1) is 6.92 Å². The van der Waals surface area contributed by atoms with Gasteiger partial charge in [0.05, 0.1) is 11.4 Å². The minimum absolute atomic E-state index is 0.0798. The van der Waals surface area contributed by atoms with E-state index >= 15 is 0 Å². The van der Waals surface area contributed by atoms with Crippen molar-refractivity contribution in [3.8, 4) is 0 Å². The van der Waals surface area contributed by atoms with E-state index in [1.807, 2.05) is 19.9 Å². The van der Waals surface area contributed by atoms with Crippen molar-refractivity contribution >= 4 is 32.3 Å². The van der Waals surface area contributed by atoms with Crippen molar-refractivity contribution in [1.82, 2.24) is 9.38 Å². The highest BCUT2D eigenvalue weighted by atomic mass is 32.2. The van der Waals surface area contributed by atoms with Crippen molar-refractivity contribution in [3.63, 3.8) is 0 Å². The molecule has 1 aromatic carbocycles. The first-order valence-corrected chi connectivity index (χ1v) is 11.3. The van der Waals surface area contributed by atoms with Gasteiger partial charge in [0.2, 0.25) is 21.3 Å². The molecule has 154 valence electrons. The number of hydrogen-bond donors (Lipinski definition) is 1. The third-order valence-corrected chi connectivity index (χ3v) is 7.02. The summed E-state index contributed by atoms with van der Waals surface area (Å²) < 4.78 is 29.8. The van der Waals surface area contributed by atoms with Gasteiger partial charge >= 0.3 is 0 Å². The molecule has 0 amide bonds. The largest absolute Gasteiger partial charge is 0.317 e. The summed E-state index contributed by atoms with van der Waals surface area (Å²) in [5.41, 5.74) is 7.82. The molecule has 0 aliphatic heterocycles. The Kier molecular flexibility index (Phi) is 5.03. The fourth-order valence-corrected chi connectivity index (χ4v) is 5.00. The van der Waals surface area contributed by atoms with Crippen LogP contribution in [0.3, 0.4) is 0 Å². The highest BCUT2D eigenvalue weighted by molar-refractivity contribution is 7.91. The van der Waals surface area contributed by atoms with E-state index in [1.54, 1.807) is 35.0 Å². The van der Waals surface area contributed by atoms with E-state index in [-0.39, 0.29) is 26.6 Å². The maximum absolute atomic E-state index is 13.3. The number of anilines is 1. The molecule has 0 atom stereocenters. The molecule has 4 rings (SSSR count). The smallest absolute Gasteiger partial charge is 0.278 e. The van der Waals surface area contributed by atoms with Crippen molar-refractivity contribution in [3.05, 3.63) is 70.6 Å². The first-order valence-electron chi connectivity index (χ1n) is 9.80. The lowest BCUT2D eigenvalue weighted by Crippen LogP contribution is -2.41. The number of unbranched alkanes of at least 4 members (excludes halogenated alkanes) is 1. The van der Waals surface area contributed by atoms with Gasteiger partial charge in [0.15, 0.2) is 0 Å². The van der Waals surface area contributed by atoms with Crippen LogP contribution >= 0.6 is 0 Å². The monoisotopic (exact) mass is 423 g/mol. The van der Waals surface area contributed by atoms with Crippen LogP contribution in [0.4, 0.5) is 5.82 Å². The molecule has 2 N–H and O–H groups in total. The maximum atomic E-state index is 13.3. The zero-order valence-electron chi connectivity index (χ0n) is 16.9. The van der Waals surface area contributed by atoms with Gasteiger partial charge < -0.3 is 5.73 Å². The zero-order valence-corrected chi connectivity index (χ0v) is 17.7. The van der Waals surface area contributed by atoms with Crippen molar-refractivity contribution in [2.75, 3.05) is 5.73 Å². The minimum Gasteiger partial charge on any atom is -0.317 e. The highest BCUT2D eigenvalue weighted by Gasteiger charge is 2.29. The molecule has 7 nitrogen and oxygen atoms in total. The topological polar surface area (TPSA) is 98.4 Å². The van der Waals surface area contributed by atoms with E-state index in [0.29, 0.717) is 17.8 Å². The minimum atomic E-state index is -3.91. The molecule has 8 heteroatoms. The Balaban J connectivity index is 2.13. The number of aryl methyl sites for hydroxylation is 2. The molecule has 0 saturated carbocycles. The Morgan fingerprint density at radius 2 is 1.87 bits per heavy atom. The Hall–Kier alpha value is -3.26. The third-order valence-electron chi connectivity index (χ3n) is 5.22. The number of hydrogen-bond acceptors (Lipinski definition) is 5. The Morgan fingerprint density at radius 3 is 2.57 bits per heavy atom. The van der Waals surface area contributed by atoms with E-state index < -0.39 is 9.84 Å². The van der Waals surface area contributed by atoms with Gasteiger partial charge in [0.1, 0.15) is 10.3 Å². The van der Waals surface area contributed by atoms with Gasteiger partial charge in [-0.25, -0.2) is 13.0 Å². The molecule has 0 spiro atoms. The van der Waals surface area contributed by atoms with E-state index in [0.717, 1.165) is 18.4 Å². The number of nitrogen functional groups attached to an aromatic ring is 1. The average Bonchev–Trinajstić information content (AvgIpc) is 2.74. The van der Waals surface area contributed by atoms with Crippen LogP contribution in [0.5, 0.6) is 0 Å². The van der Waals surface area contributed by atoms with Gasteiger partial charge in [-0.1, -0.05) is 42.6 Å². The van der Waals surface area contributed by atoms with Crippen LogP contribution in [0.15, 0.2) is 69.3 Å². The van der Waals surface area contributed by atoms with Crippen LogP contribution < -0.4 is 15.9 Å². The number of sulfone groups is 1. The fraction of sp³-hybridized carbons (Fsp3) is 0.227. The molecule has 0 aliphatic carbocycles. The molecule has 0 radical (unpaired) electrons. The number of nitrogens with two attached hydrogens (primary N) is 1. The molecule has 0 saturated heterocycles. The first kappa shape index (κ1) is 20.0. The number of rotatable bonds is 5. The average molecular weight is 424 g/mol. The second-order valence-electron chi connectivity index (χ2n) is 7.25. The number of benzene rings is 1. The standard InChI is InChI=1S/C22H22N4O3S/c1-3-4-12-25-19(23)18(30(28,29)16-10-6-5-7-11-16)14-17-21(25)24-20-15(2)9-8-13-26(20)22(17)27/h5-11,13-14,23H,3-4,12H2,1-2H3/p+1. The Bertz CT molecular complexity index is 1430. The molecule has 0 aliphatic rings. The molecule has 0 unspecified atom stereocenters. The Labute approximate surface area is 174 Å². The molecular formula is C22H23N4O3S+. The van der Waals surface area contributed by atoms with Crippen molar-refractivity contribution < 1.29 is 13.0 Å². The molecular weight excluding hydrogens is 400 g/mol. The van der Waals surface area contributed by atoms with E-state index in [9.17, 15) is 13.2 Å². The van der Waals surface area contributed by atoms with Crippen LogP contribution in [0.25, 0.3) is 16.7 Å². The number of nitrogens with zero attached hydrogens (tertiary/aromatic N) is 3. The van der Waals surface area contributed by atoms with E-state index in [1.165, 1.54) is 22.6 Å². The van der Waals surface area contributed by atoms with Gasteiger partial charge in [-0.2, -0.15) is 0 Å². The summed E-state index contributed by atoms with van der Waals surface area (Å²) in [5.74, 6) is 0.0876. The zero-order chi connectivity index (χ0) is 21.5. The van der Waals surface area contributed by atoms with Gasteiger partial charge in [0, 0.05) is 11.8 Å². The second kappa shape index (κ2) is 7.53. The first-order chi connectivity index (χ1) is 14.4. The lowest BCUT2D eigenvalue weighted by molar-refractivity contribution is -0.660. The van der Waals surface area contributed by atoms with Crippen molar-refractivity contribution in [2.45, 2.75) is 43.0 Å². The lowest BCUT2D eigenvalue weighted by atomic mass is 10.2. The normalized spacial score (nSPS) is 11.9. The third kappa shape index (κ3) is 3.13. The summed E-state index contributed by atoms with van der Waals surface area (Å²) >= 11 is 0. The summed E-state index contributed by atoms with van der Waals surface area (Å²) in [7, 11) is -3.91. The Morgan fingerprint density at radius 1 is 1.13 bits per heavy atom. The van der Waals surface area contributed by atoms with Gasteiger partial charge in [-0.15, -0.1) is 0 Å². The molecule has 3 heterocycles. The van der Waals surface area contributed by atoms with Crippen LogP contribution in [-0.4, -0.2) is 17.8 Å². The summed E-state index contributed by atoms with van der Waals surface area (Å²) in [6.07, 6.45) is 3.29. The lowest BCUT2D eigenvalue weighted by Gasteiger charge is -2.13. The summed E-state index contributed by atoms with van der Waals surface area (Å²) in [4.78, 5) is 18.0. The van der Waals surface area contributed by atoms with Crippen molar-refractivity contribution in [2.24, 2.45) is 0 Å². The van der Waals surface area contributed by atoms with Gasteiger partial charge in [0.25, 0.3) is 11.2 Å². The van der Waals surface area contributed by atoms with Crippen molar-refractivity contribution in [1.29, 1.82) is 0 Å². The molecule has 3 aromatic heterocycles. The number of pyridine rings is 2. The fourth-order valence-electron chi connectivity index (χ4n) is 3.57. The van der Waals surface area contributed by atoms with Crippen LogP contribution in [0.2, 0.25) is 0 Å². The van der Waals surface area contributed by atoms with E-state index in [2.05, 4.69) is 0 Å². The quantitative estimate of drug-likeness (QED) is 0.393. The summed E-state index contributed by atoms with van der Waals surface area (Å²) in [6, 6.07) is 13.1. The maximum Gasteiger partial charge on any atom is 0.278 e. The highest BCUT2D eigenvalue weighted by Crippen LogP contribution is 2.26.